The minimum atomic E-state index is -0.0926. The van der Waals surface area contributed by atoms with Crippen molar-refractivity contribution >= 4 is 0 Å². The van der Waals surface area contributed by atoms with Gasteiger partial charge in [0.05, 0.1) is 12.3 Å². The molecule has 0 radical (unpaired) electrons. The second kappa shape index (κ2) is 3.81. The van der Waals surface area contributed by atoms with Gasteiger partial charge in [0.15, 0.2) is 0 Å². The number of nitrogens with two attached hydrogens (primary N) is 1. The average molecular weight is 194 g/mol. The summed E-state index contributed by atoms with van der Waals surface area (Å²) in [5.74, 6) is 6.39. The molecule has 0 amide bonds. The lowest BCUT2D eigenvalue weighted by molar-refractivity contribution is 0.213. The summed E-state index contributed by atoms with van der Waals surface area (Å²) in [5.41, 5.74) is 3.73. The largest absolute Gasteiger partial charge is 0.496 e. The van der Waals surface area contributed by atoms with E-state index in [-0.39, 0.29) is 6.04 Å². The lowest BCUT2D eigenvalue weighted by atomic mass is 10.1. The first-order chi connectivity index (χ1) is 6.83. The zero-order valence-electron chi connectivity index (χ0n) is 8.10. The van der Waals surface area contributed by atoms with E-state index in [1.54, 1.807) is 10.9 Å². The van der Waals surface area contributed by atoms with Crippen LogP contribution in [0.3, 0.4) is 0 Å². The van der Waals surface area contributed by atoms with Crippen LogP contribution in [-0.4, -0.2) is 16.4 Å². The Balaban J connectivity index is 2.25. The smallest absolute Gasteiger partial charge is 0.120 e. The third-order valence-electron chi connectivity index (χ3n) is 2.34. The topological polar surface area (TPSA) is 65.1 Å². The van der Waals surface area contributed by atoms with Crippen molar-refractivity contribution in [2.24, 2.45) is 12.9 Å². The normalized spacial score (nSPS) is 17.7. The summed E-state index contributed by atoms with van der Waals surface area (Å²) >= 11 is 0. The molecule has 0 saturated heterocycles. The molecule has 0 aliphatic carbocycles. The van der Waals surface area contributed by atoms with Gasteiger partial charge in [0.1, 0.15) is 11.8 Å². The SMILES string of the molecule is Cn1nccc1C(NN)C1=CCCO1. The molecule has 14 heavy (non-hydrogen) atoms. The fourth-order valence-corrected chi connectivity index (χ4v) is 1.62. The number of aryl methyl sites for hydroxylation is 1. The van der Waals surface area contributed by atoms with E-state index < -0.39 is 0 Å². The van der Waals surface area contributed by atoms with E-state index in [9.17, 15) is 0 Å². The quantitative estimate of drug-likeness (QED) is 0.534. The maximum Gasteiger partial charge on any atom is 0.120 e. The van der Waals surface area contributed by atoms with Crippen LogP contribution in [0.15, 0.2) is 24.1 Å². The lowest BCUT2D eigenvalue weighted by Gasteiger charge is -2.17. The highest BCUT2D eigenvalue weighted by Crippen LogP contribution is 2.24. The number of aromatic nitrogens is 2. The third-order valence-corrected chi connectivity index (χ3v) is 2.34. The standard InChI is InChI=1S/C9H14N4O/c1-13-7(4-5-11-13)9(12-10)8-3-2-6-14-8/h3-5,9,12H,2,6,10H2,1H3. The zero-order chi connectivity index (χ0) is 9.97. The molecule has 1 aliphatic heterocycles. The van der Waals surface area contributed by atoms with Crippen molar-refractivity contribution in [3.63, 3.8) is 0 Å². The van der Waals surface area contributed by atoms with E-state index in [0.717, 1.165) is 24.5 Å². The van der Waals surface area contributed by atoms with Crippen LogP contribution in [0, 0.1) is 0 Å². The van der Waals surface area contributed by atoms with Gasteiger partial charge in [0.2, 0.25) is 0 Å². The number of hydrogen-bond donors (Lipinski definition) is 2. The van der Waals surface area contributed by atoms with Crippen molar-refractivity contribution in [1.82, 2.24) is 15.2 Å². The molecule has 5 heteroatoms. The molecule has 1 aliphatic rings. The molecule has 1 aromatic rings. The van der Waals surface area contributed by atoms with E-state index in [1.165, 1.54) is 0 Å². The van der Waals surface area contributed by atoms with Crippen molar-refractivity contribution in [2.75, 3.05) is 6.61 Å². The predicted octanol–water partition coefficient (Wildman–Crippen LogP) is 0.229. The average Bonchev–Trinajstić information content (AvgIpc) is 2.80. The maximum atomic E-state index is 5.50. The Morgan fingerprint density at radius 1 is 1.71 bits per heavy atom. The number of ether oxygens (including phenoxy) is 1. The van der Waals surface area contributed by atoms with E-state index in [1.807, 2.05) is 13.1 Å². The van der Waals surface area contributed by atoms with Gasteiger partial charge in [-0.1, -0.05) is 0 Å². The lowest BCUT2D eigenvalue weighted by Crippen LogP contribution is -2.31. The fourth-order valence-electron chi connectivity index (χ4n) is 1.62. The van der Waals surface area contributed by atoms with Gasteiger partial charge < -0.3 is 4.74 Å². The van der Waals surface area contributed by atoms with Crippen molar-refractivity contribution in [1.29, 1.82) is 0 Å². The highest BCUT2D eigenvalue weighted by molar-refractivity contribution is 5.19. The first-order valence-corrected chi connectivity index (χ1v) is 4.60. The first-order valence-electron chi connectivity index (χ1n) is 4.60. The third kappa shape index (κ3) is 1.51. The Kier molecular flexibility index (Phi) is 2.51. The molecule has 0 saturated carbocycles. The minimum absolute atomic E-state index is 0.0926. The molecule has 2 rings (SSSR count). The summed E-state index contributed by atoms with van der Waals surface area (Å²) in [4.78, 5) is 0. The fraction of sp³-hybridized carbons (Fsp3) is 0.444. The molecule has 1 aromatic heterocycles. The Bertz CT molecular complexity index is 344. The second-order valence-corrected chi connectivity index (χ2v) is 3.22. The van der Waals surface area contributed by atoms with Crippen LogP contribution in [0.4, 0.5) is 0 Å². The van der Waals surface area contributed by atoms with Crippen LogP contribution < -0.4 is 11.3 Å². The number of rotatable bonds is 3. The van der Waals surface area contributed by atoms with Crippen molar-refractivity contribution in [3.05, 3.63) is 29.8 Å². The van der Waals surface area contributed by atoms with Gasteiger partial charge in [-0.25, -0.2) is 5.43 Å². The Morgan fingerprint density at radius 3 is 3.07 bits per heavy atom. The van der Waals surface area contributed by atoms with Gasteiger partial charge in [0.25, 0.3) is 0 Å². The maximum absolute atomic E-state index is 5.50. The number of nitrogens with zero attached hydrogens (tertiary/aromatic N) is 2. The Hall–Kier alpha value is -1.33. The van der Waals surface area contributed by atoms with Crippen molar-refractivity contribution in [2.45, 2.75) is 12.5 Å². The predicted molar refractivity (Wildman–Crippen MR) is 51.9 cm³/mol. The minimum Gasteiger partial charge on any atom is -0.496 e. The van der Waals surface area contributed by atoms with Gasteiger partial charge in [-0.2, -0.15) is 5.10 Å². The highest BCUT2D eigenvalue weighted by atomic mass is 16.5. The molecule has 1 atom stereocenters. The van der Waals surface area contributed by atoms with Crippen LogP contribution >= 0.6 is 0 Å². The zero-order valence-corrected chi connectivity index (χ0v) is 8.10. The molecule has 0 bridgehead atoms. The number of hydrazine groups is 1. The van der Waals surface area contributed by atoms with Crippen LogP contribution in [0.5, 0.6) is 0 Å². The Labute approximate surface area is 82.5 Å². The number of nitrogens with one attached hydrogen (secondary N) is 1. The summed E-state index contributed by atoms with van der Waals surface area (Å²) in [7, 11) is 1.88. The monoisotopic (exact) mass is 194 g/mol. The number of hydrogen-bond acceptors (Lipinski definition) is 4. The summed E-state index contributed by atoms with van der Waals surface area (Å²) in [6.45, 7) is 0.741. The van der Waals surface area contributed by atoms with Crippen molar-refractivity contribution < 1.29 is 4.74 Å². The van der Waals surface area contributed by atoms with Crippen LogP contribution in [0.1, 0.15) is 18.2 Å². The molecule has 3 N–H and O–H groups in total. The van der Waals surface area contributed by atoms with Crippen molar-refractivity contribution in [3.8, 4) is 0 Å². The molecule has 76 valence electrons. The van der Waals surface area contributed by atoms with E-state index in [2.05, 4.69) is 16.6 Å². The highest BCUT2D eigenvalue weighted by Gasteiger charge is 2.21. The molecule has 0 fully saturated rings. The van der Waals surface area contributed by atoms with E-state index in [4.69, 9.17) is 10.6 Å². The van der Waals surface area contributed by atoms with Crippen LogP contribution in [0.2, 0.25) is 0 Å². The second-order valence-electron chi connectivity index (χ2n) is 3.22. The van der Waals surface area contributed by atoms with Gasteiger partial charge >= 0.3 is 0 Å². The molecule has 1 unspecified atom stereocenters. The van der Waals surface area contributed by atoms with Crippen LogP contribution in [0.25, 0.3) is 0 Å². The van der Waals surface area contributed by atoms with Gasteiger partial charge in [-0.05, 0) is 12.1 Å². The molecular formula is C9H14N4O. The summed E-state index contributed by atoms with van der Waals surface area (Å²) in [5, 5.41) is 4.10. The molecule has 0 spiro atoms. The van der Waals surface area contributed by atoms with E-state index in [0.29, 0.717) is 0 Å². The summed E-state index contributed by atoms with van der Waals surface area (Å²) in [6.07, 6.45) is 4.75. The molecule has 0 aromatic carbocycles. The first kappa shape index (κ1) is 9.23. The van der Waals surface area contributed by atoms with Gasteiger partial charge in [-0.3, -0.25) is 10.5 Å². The van der Waals surface area contributed by atoms with Gasteiger partial charge in [0, 0.05) is 19.7 Å². The molecule has 2 heterocycles. The summed E-state index contributed by atoms with van der Waals surface area (Å²) < 4.78 is 7.25. The molecular weight excluding hydrogens is 180 g/mol. The molecule has 5 nitrogen and oxygen atoms in total. The summed E-state index contributed by atoms with van der Waals surface area (Å²) in [6, 6.07) is 1.83. The Morgan fingerprint density at radius 2 is 2.57 bits per heavy atom. The van der Waals surface area contributed by atoms with Gasteiger partial charge in [-0.15, -0.1) is 0 Å². The van der Waals surface area contributed by atoms with E-state index >= 15 is 0 Å². The van der Waals surface area contributed by atoms with Crippen LogP contribution in [-0.2, 0) is 11.8 Å².